The van der Waals surface area contributed by atoms with Gasteiger partial charge in [-0.15, -0.1) is 0 Å². The van der Waals surface area contributed by atoms with Gasteiger partial charge in [0, 0.05) is 31.8 Å². The number of rotatable bonds is 8. The Morgan fingerprint density at radius 1 is 1.15 bits per heavy atom. The number of carbonyl (C=O) groups excluding carboxylic acids is 3. The standard InChI is InChI=1S/C26H36N4O3/c1-28(2)18-19-30-24(32)26(27-25(30)33,15-12-20-8-4-3-5-9-20)22-13-16-29(17-14-22)23(31)21-10-6-7-11-21/h3-5,8-10,22H,6-7,11-19H2,1-2H3,(H,27,33)/t26-/m0/s1. The lowest BCUT2D eigenvalue weighted by Crippen LogP contribution is -2.57. The van der Waals surface area contributed by atoms with Crippen molar-refractivity contribution in [1.82, 2.24) is 20.0 Å². The van der Waals surface area contributed by atoms with E-state index in [0.717, 1.165) is 49.7 Å². The van der Waals surface area contributed by atoms with Gasteiger partial charge in [-0.2, -0.15) is 0 Å². The van der Waals surface area contributed by atoms with Gasteiger partial charge in [-0.25, -0.2) is 4.79 Å². The first-order chi connectivity index (χ1) is 15.9. The Bertz CT molecular complexity index is 905. The van der Waals surface area contributed by atoms with Crippen LogP contribution in [0.1, 0.15) is 44.1 Å². The summed E-state index contributed by atoms with van der Waals surface area (Å²) in [7, 11) is 3.88. The minimum Gasteiger partial charge on any atom is -0.339 e. The molecule has 0 unspecified atom stereocenters. The number of likely N-dealkylation sites (N-methyl/N-ethyl adjacent to an activating group) is 1. The number of urea groups is 1. The molecule has 0 aromatic heterocycles. The van der Waals surface area contributed by atoms with E-state index in [1.807, 2.05) is 42.1 Å². The molecule has 1 aliphatic carbocycles. The van der Waals surface area contributed by atoms with E-state index < -0.39 is 5.54 Å². The van der Waals surface area contributed by atoms with E-state index in [1.54, 1.807) is 0 Å². The Labute approximate surface area is 196 Å². The van der Waals surface area contributed by atoms with Crippen molar-refractivity contribution >= 4 is 17.8 Å². The quantitative estimate of drug-likeness (QED) is 0.616. The number of amides is 4. The lowest BCUT2D eigenvalue weighted by Gasteiger charge is -2.41. The largest absolute Gasteiger partial charge is 0.339 e. The molecule has 2 fully saturated rings. The van der Waals surface area contributed by atoms with Gasteiger partial charge < -0.3 is 15.1 Å². The van der Waals surface area contributed by atoms with E-state index in [4.69, 9.17) is 0 Å². The molecule has 1 aromatic carbocycles. The zero-order valence-corrected chi connectivity index (χ0v) is 19.9. The van der Waals surface area contributed by atoms with Crippen molar-refractivity contribution in [1.29, 1.82) is 0 Å². The van der Waals surface area contributed by atoms with Crippen LogP contribution in [0.15, 0.2) is 42.0 Å². The molecule has 7 heteroatoms. The van der Waals surface area contributed by atoms with Gasteiger partial charge in [-0.1, -0.05) is 36.4 Å². The lowest BCUT2D eigenvalue weighted by atomic mass is 9.74. The summed E-state index contributed by atoms with van der Waals surface area (Å²) in [5, 5.41) is 3.13. The second-order valence-corrected chi connectivity index (χ2v) is 9.84. The highest BCUT2D eigenvalue weighted by Gasteiger charge is 2.55. The molecule has 178 valence electrons. The SMILES string of the molecule is CN(C)CCN1C(=O)N[C@@](CCc2ccccc2)(C2CCN(C(=O)C3=CCCC3)CC2)C1=O. The Balaban J connectivity index is 1.50. The zero-order valence-electron chi connectivity index (χ0n) is 19.9. The Morgan fingerprint density at radius 2 is 1.88 bits per heavy atom. The zero-order chi connectivity index (χ0) is 23.4. The molecule has 33 heavy (non-hydrogen) atoms. The van der Waals surface area contributed by atoms with Gasteiger partial charge in [-0.05, 0) is 70.5 Å². The number of imide groups is 1. The number of nitrogens with one attached hydrogen (secondary N) is 1. The first-order valence-electron chi connectivity index (χ1n) is 12.2. The van der Waals surface area contributed by atoms with Crippen molar-refractivity contribution in [3.8, 4) is 0 Å². The summed E-state index contributed by atoms with van der Waals surface area (Å²) in [6, 6.07) is 9.83. The molecule has 0 saturated carbocycles. The van der Waals surface area contributed by atoms with Gasteiger partial charge in [0.25, 0.3) is 5.91 Å². The number of piperidine rings is 1. The third kappa shape index (κ3) is 4.98. The average molecular weight is 453 g/mol. The molecule has 7 nitrogen and oxygen atoms in total. The highest BCUT2D eigenvalue weighted by molar-refractivity contribution is 6.07. The van der Waals surface area contributed by atoms with Gasteiger partial charge in [0.15, 0.2) is 0 Å². The van der Waals surface area contributed by atoms with Crippen LogP contribution < -0.4 is 5.32 Å². The fraction of sp³-hybridized carbons (Fsp3) is 0.577. The van der Waals surface area contributed by atoms with Crippen molar-refractivity contribution in [3.63, 3.8) is 0 Å². The molecule has 2 heterocycles. The maximum absolute atomic E-state index is 13.7. The molecule has 0 spiro atoms. The van der Waals surface area contributed by atoms with Crippen molar-refractivity contribution in [2.24, 2.45) is 5.92 Å². The molecule has 1 N–H and O–H groups in total. The van der Waals surface area contributed by atoms with E-state index in [-0.39, 0.29) is 23.8 Å². The molecule has 2 saturated heterocycles. The molecule has 3 aliphatic rings. The van der Waals surface area contributed by atoms with Crippen LogP contribution in [0, 0.1) is 5.92 Å². The highest BCUT2D eigenvalue weighted by atomic mass is 16.2. The molecule has 1 atom stereocenters. The predicted octanol–water partition coefficient (Wildman–Crippen LogP) is 2.82. The summed E-state index contributed by atoms with van der Waals surface area (Å²) < 4.78 is 0. The summed E-state index contributed by atoms with van der Waals surface area (Å²) >= 11 is 0. The first kappa shape index (κ1) is 23.5. The van der Waals surface area contributed by atoms with Gasteiger partial charge in [0.1, 0.15) is 5.54 Å². The summed E-state index contributed by atoms with van der Waals surface area (Å²) in [5.41, 5.74) is 1.19. The molecule has 2 aliphatic heterocycles. The van der Waals surface area contributed by atoms with Crippen molar-refractivity contribution in [3.05, 3.63) is 47.5 Å². The number of allylic oxidation sites excluding steroid dienone is 1. The van der Waals surface area contributed by atoms with E-state index in [9.17, 15) is 14.4 Å². The predicted molar refractivity (Wildman–Crippen MR) is 128 cm³/mol. The number of benzene rings is 1. The van der Waals surface area contributed by atoms with E-state index in [2.05, 4.69) is 23.5 Å². The maximum atomic E-state index is 13.7. The topological polar surface area (TPSA) is 73.0 Å². The monoisotopic (exact) mass is 452 g/mol. The van der Waals surface area contributed by atoms with Crippen LogP contribution in [0.5, 0.6) is 0 Å². The summed E-state index contributed by atoms with van der Waals surface area (Å²) in [6.45, 7) is 2.29. The highest BCUT2D eigenvalue weighted by Crippen LogP contribution is 2.37. The van der Waals surface area contributed by atoms with E-state index >= 15 is 0 Å². The maximum Gasteiger partial charge on any atom is 0.325 e. The third-order valence-electron chi connectivity index (χ3n) is 7.42. The summed E-state index contributed by atoms with van der Waals surface area (Å²) in [6.07, 6.45) is 7.73. The van der Waals surface area contributed by atoms with Crippen molar-refractivity contribution in [2.45, 2.75) is 50.5 Å². The smallest absolute Gasteiger partial charge is 0.325 e. The number of aryl methyl sites for hydroxylation is 1. The number of nitrogens with zero attached hydrogens (tertiary/aromatic N) is 3. The number of likely N-dealkylation sites (tertiary alicyclic amines) is 1. The Kier molecular flexibility index (Phi) is 7.17. The second kappa shape index (κ2) is 10.1. The lowest BCUT2D eigenvalue weighted by molar-refractivity contribution is -0.135. The second-order valence-electron chi connectivity index (χ2n) is 9.84. The molecule has 0 radical (unpaired) electrons. The van der Waals surface area contributed by atoms with Gasteiger partial charge in [-0.3, -0.25) is 14.5 Å². The van der Waals surface area contributed by atoms with E-state index in [0.29, 0.717) is 32.6 Å². The van der Waals surface area contributed by atoms with Crippen LogP contribution in [-0.4, -0.2) is 78.4 Å². The molecule has 4 rings (SSSR count). The number of hydrogen-bond acceptors (Lipinski definition) is 4. The summed E-state index contributed by atoms with van der Waals surface area (Å²) in [5.74, 6) is 0.0656. The third-order valence-corrected chi connectivity index (χ3v) is 7.42. The van der Waals surface area contributed by atoms with Crippen LogP contribution in [-0.2, 0) is 16.0 Å². The normalized spacial score (nSPS) is 23.9. The Hall–Kier alpha value is -2.67. The molecular formula is C26H36N4O3. The number of carbonyl (C=O) groups is 3. The first-order valence-corrected chi connectivity index (χ1v) is 12.2. The number of hydrogen-bond donors (Lipinski definition) is 1. The molecule has 0 bridgehead atoms. The molecule has 4 amide bonds. The average Bonchev–Trinajstić information content (AvgIpc) is 3.44. The van der Waals surface area contributed by atoms with Crippen LogP contribution >= 0.6 is 0 Å². The van der Waals surface area contributed by atoms with Gasteiger partial charge in [0.2, 0.25) is 5.91 Å². The van der Waals surface area contributed by atoms with Gasteiger partial charge in [0.05, 0.1) is 0 Å². The molecule has 1 aromatic rings. The van der Waals surface area contributed by atoms with Crippen LogP contribution in [0.2, 0.25) is 0 Å². The minimum absolute atomic E-state index is 0.0172. The summed E-state index contributed by atoms with van der Waals surface area (Å²) in [4.78, 5) is 44.8. The van der Waals surface area contributed by atoms with E-state index in [1.165, 1.54) is 4.90 Å². The fourth-order valence-corrected chi connectivity index (χ4v) is 5.43. The Morgan fingerprint density at radius 3 is 2.52 bits per heavy atom. The van der Waals surface area contributed by atoms with Gasteiger partial charge >= 0.3 is 6.03 Å². The minimum atomic E-state index is -0.902. The fourth-order valence-electron chi connectivity index (χ4n) is 5.43. The van der Waals surface area contributed by atoms with Crippen LogP contribution in [0.25, 0.3) is 0 Å². The van der Waals surface area contributed by atoms with Crippen molar-refractivity contribution < 1.29 is 14.4 Å². The van der Waals surface area contributed by atoms with Crippen molar-refractivity contribution in [2.75, 3.05) is 40.3 Å². The van der Waals surface area contributed by atoms with Crippen LogP contribution in [0.3, 0.4) is 0 Å². The van der Waals surface area contributed by atoms with Crippen LogP contribution in [0.4, 0.5) is 4.79 Å². The molecular weight excluding hydrogens is 416 g/mol.